The van der Waals surface area contributed by atoms with Crippen molar-refractivity contribution in [3.05, 3.63) is 12.2 Å². The third kappa shape index (κ3) is 41.2. The van der Waals surface area contributed by atoms with Gasteiger partial charge in [0.15, 0.2) is 0 Å². The molecule has 0 saturated carbocycles. The Labute approximate surface area is 291 Å². The molecule has 0 saturated heterocycles. The van der Waals surface area contributed by atoms with Crippen LogP contribution in [0.4, 0.5) is 0 Å². The second-order valence-corrected chi connectivity index (χ2v) is 14.7. The van der Waals surface area contributed by atoms with Gasteiger partial charge in [0.05, 0.1) is 6.61 Å². The standard InChI is InChI=1S/C44H86O2/c1-3-5-7-9-11-13-15-17-19-21-23-24-25-26-28-30-32-34-36-38-40-42-44(45)46-43-41-39-37-35-33-31-29-27-22-20-18-16-14-12-10-8-6-4-2/h40,42H,3-39,41,43H2,1-2H3. The van der Waals surface area contributed by atoms with Gasteiger partial charge in [0.2, 0.25) is 0 Å². The summed E-state index contributed by atoms with van der Waals surface area (Å²) in [5.41, 5.74) is 0. The number of hydrogen-bond donors (Lipinski definition) is 0. The molecule has 0 aliphatic heterocycles. The highest BCUT2D eigenvalue weighted by atomic mass is 16.5. The number of esters is 1. The van der Waals surface area contributed by atoms with E-state index in [1.54, 1.807) is 6.08 Å². The number of carbonyl (C=O) groups is 1. The SMILES string of the molecule is CCCCCCCCCCCCCCCCCCCCCC=CC(=O)OCCCCCCCCCCCCCCCCCCCC. The molecule has 0 unspecified atom stereocenters. The smallest absolute Gasteiger partial charge is 0.330 e. The molecule has 0 bridgehead atoms. The fourth-order valence-corrected chi connectivity index (χ4v) is 6.74. The summed E-state index contributed by atoms with van der Waals surface area (Å²) in [7, 11) is 0. The van der Waals surface area contributed by atoms with E-state index in [0.29, 0.717) is 6.61 Å². The number of rotatable bonds is 40. The van der Waals surface area contributed by atoms with Crippen LogP contribution in [0.2, 0.25) is 0 Å². The van der Waals surface area contributed by atoms with Crippen LogP contribution in [0.1, 0.15) is 258 Å². The van der Waals surface area contributed by atoms with Crippen molar-refractivity contribution in [3.8, 4) is 0 Å². The highest BCUT2D eigenvalue weighted by Gasteiger charge is 1.99. The Bertz CT molecular complexity index is 582. The van der Waals surface area contributed by atoms with E-state index in [1.165, 1.54) is 231 Å². The molecule has 0 aliphatic carbocycles. The van der Waals surface area contributed by atoms with Crippen molar-refractivity contribution in [3.63, 3.8) is 0 Å². The molecule has 0 aromatic carbocycles. The first kappa shape index (κ1) is 45.2. The number of allylic oxidation sites excluding steroid dienone is 1. The molecule has 0 fully saturated rings. The first-order valence-electron chi connectivity index (χ1n) is 21.6. The minimum atomic E-state index is -0.148. The van der Waals surface area contributed by atoms with Gasteiger partial charge in [-0.3, -0.25) is 0 Å². The number of unbranched alkanes of at least 4 members (excludes halogenated alkanes) is 36. The maximum absolute atomic E-state index is 11.9. The molecule has 0 N–H and O–H groups in total. The number of ether oxygens (including phenoxy) is 1. The molecule has 0 atom stereocenters. The minimum Gasteiger partial charge on any atom is -0.463 e. The lowest BCUT2D eigenvalue weighted by Gasteiger charge is -2.04. The third-order valence-electron chi connectivity index (χ3n) is 9.97. The Balaban J connectivity index is 3.20. The molecule has 0 aromatic rings. The van der Waals surface area contributed by atoms with Crippen LogP contribution in [-0.4, -0.2) is 12.6 Å². The van der Waals surface area contributed by atoms with Gasteiger partial charge < -0.3 is 4.74 Å². The lowest BCUT2D eigenvalue weighted by Crippen LogP contribution is -2.02. The van der Waals surface area contributed by atoms with Crippen LogP contribution < -0.4 is 0 Å². The van der Waals surface area contributed by atoms with E-state index in [4.69, 9.17) is 4.74 Å². The Morgan fingerprint density at radius 3 is 0.870 bits per heavy atom. The first-order valence-corrected chi connectivity index (χ1v) is 21.6. The van der Waals surface area contributed by atoms with E-state index in [1.807, 2.05) is 6.08 Å². The van der Waals surface area contributed by atoms with Crippen LogP contribution >= 0.6 is 0 Å². The van der Waals surface area contributed by atoms with Crippen molar-refractivity contribution >= 4 is 5.97 Å². The maximum Gasteiger partial charge on any atom is 0.330 e. The van der Waals surface area contributed by atoms with Gasteiger partial charge >= 0.3 is 5.97 Å². The summed E-state index contributed by atoms with van der Waals surface area (Å²) in [5.74, 6) is -0.148. The molecule has 0 aliphatic rings. The molecular formula is C44H86O2. The van der Waals surface area contributed by atoms with Gasteiger partial charge in [-0.2, -0.15) is 0 Å². The summed E-state index contributed by atoms with van der Waals surface area (Å²) < 4.78 is 5.39. The van der Waals surface area contributed by atoms with Crippen LogP contribution in [0.5, 0.6) is 0 Å². The molecule has 0 rings (SSSR count). The predicted molar refractivity (Wildman–Crippen MR) is 207 cm³/mol. The van der Waals surface area contributed by atoms with Crippen LogP contribution in [0.3, 0.4) is 0 Å². The lowest BCUT2D eigenvalue weighted by atomic mass is 10.0. The zero-order valence-electron chi connectivity index (χ0n) is 32.0. The van der Waals surface area contributed by atoms with Gasteiger partial charge in [0, 0.05) is 6.08 Å². The summed E-state index contributed by atoms with van der Waals surface area (Å²) in [6, 6.07) is 0. The third-order valence-corrected chi connectivity index (χ3v) is 9.97. The molecular weight excluding hydrogens is 560 g/mol. The van der Waals surface area contributed by atoms with Crippen molar-refractivity contribution in [1.82, 2.24) is 0 Å². The second-order valence-electron chi connectivity index (χ2n) is 14.7. The van der Waals surface area contributed by atoms with Crippen LogP contribution in [0, 0.1) is 0 Å². The zero-order chi connectivity index (χ0) is 33.3. The minimum absolute atomic E-state index is 0.148. The van der Waals surface area contributed by atoms with Crippen LogP contribution in [0.25, 0.3) is 0 Å². The van der Waals surface area contributed by atoms with Crippen molar-refractivity contribution in [2.24, 2.45) is 0 Å². The summed E-state index contributed by atoms with van der Waals surface area (Å²) in [5, 5.41) is 0. The molecule has 0 aromatic heterocycles. The number of hydrogen-bond acceptors (Lipinski definition) is 2. The summed E-state index contributed by atoms with van der Waals surface area (Å²) in [4.78, 5) is 11.9. The molecule has 0 amide bonds. The monoisotopic (exact) mass is 647 g/mol. The van der Waals surface area contributed by atoms with Gasteiger partial charge in [-0.15, -0.1) is 0 Å². The fourth-order valence-electron chi connectivity index (χ4n) is 6.74. The van der Waals surface area contributed by atoms with Gasteiger partial charge in [-0.1, -0.05) is 245 Å². The molecule has 274 valence electrons. The van der Waals surface area contributed by atoms with Crippen molar-refractivity contribution in [2.75, 3.05) is 6.61 Å². The number of carbonyl (C=O) groups excluding carboxylic acids is 1. The zero-order valence-corrected chi connectivity index (χ0v) is 32.0. The molecule has 0 radical (unpaired) electrons. The molecule has 46 heavy (non-hydrogen) atoms. The van der Waals surface area contributed by atoms with Crippen LogP contribution in [-0.2, 0) is 9.53 Å². The predicted octanol–water partition coefficient (Wildman–Crippen LogP) is 15.9. The van der Waals surface area contributed by atoms with Crippen molar-refractivity contribution in [2.45, 2.75) is 258 Å². The van der Waals surface area contributed by atoms with E-state index in [9.17, 15) is 4.79 Å². The molecule has 0 spiro atoms. The Kier molecular flexibility index (Phi) is 41.5. The quantitative estimate of drug-likeness (QED) is 0.0376. The van der Waals surface area contributed by atoms with E-state index < -0.39 is 0 Å². The van der Waals surface area contributed by atoms with Crippen molar-refractivity contribution < 1.29 is 9.53 Å². The Morgan fingerprint density at radius 2 is 0.587 bits per heavy atom. The van der Waals surface area contributed by atoms with Gasteiger partial charge in [-0.25, -0.2) is 4.79 Å². The Morgan fingerprint density at radius 1 is 0.348 bits per heavy atom. The summed E-state index contributed by atoms with van der Waals surface area (Å²) >= 11 is 0. The summed E-state index contributed by atoms with van der Waals surface area (Å²) in [6.07, 6.45) is 56.3. The summed E-state index contributed by atoms with van der Waals surface area (Å²) in [6.45, 7) is 5.18. The molecule has 2 nitrogen and oxygen atoms in total. The van der Waals surface area contributed by atoms with Gasteiger partial charge in [0.1, 0.15) is 0 Å². The van der Waals surface area contributed by atoms with Crippen LogP contribution in [0.15, 0.2) is 12.2 Å². The van der Waals surface area contributed by atoms with E-state index in [-0.39, 0.29) is 5.97 Å². The highest BCUT2D eigenvalue weighted by molar-refractivity contribution is 5.81. The second kappa shape index (κ2) is 42.2. The van der Waals surface area contributed by atoms with E-state index in [2.05, 4.69) is 13.8 Å². The fraction of sp³-hybridized carbons (Fsp3) is 0.932. The molecule has 2 heteroatoms. The van der Waals surface area contributed by atoms with Crippen molar-refractivity contribution in [1.29, 1.82) is 0 Å². The average molecular weight is 647 g/mol. The first-order chi connectivity index (χ1) is 22.8. The maximum atomic E-state index is 11.9. The lowest BCUT2D eigenvalue weighted by molar-refractivity contribution is -0.137. The highest BCUT2D eigenvalue weighted by Crippen LogP contribution is 2.16. The average Bonchev–Trinajstić information content (AvgIpc) is 3.06. The topological polar surface area (TPSA) is 26.3 Å². The van der Waals surface area contributed by atoms with Gasteiger partial charge in [-0.05, 0) is 19.3 Å². The van der Waals surface area contributed by atoms with E-state index >= 15 is 0 Å². The van der Waals surface area contributed by atoms with E-state index in [0.717, 1.165) is 12.8 Å². The van der Waals surface area contributed by atoms with Gasteiger partial charge in [0.25, 0.3) is 0 Å². The molecule has 0 heterocycles. The Hall–Kier alpha value is -0.790. The normalized spacial score (nSPS) is 11.6. The largest absolute Gasteiger partial charge is 0.463 e.